The summed E-state index contributed by atoms with van der Waals surface area (Å²) in [6.45, 7) is 10.0. The molecule has 0 radical (unpaired) electrons. The quantitative estimate of drug-likeness (QED) is 0.614. The highest BCUT2D eigenvalue weighted by molar-refractivity contribution is 5.79. The normalized spacial score (nSPS) is 23.3. The van der Waals surface area contributed by atoms with E-state index in [4.69, 9.17) is 6.42 Å². The molecule has 0 atom stereocenters. The second-order valence-electron chi connectivity index (χ2n) is 5.75. The third-order valence-electron chi connectivity index (χ3n) is 3.10. The third-order valence-corrected chi connectivity index (χ3v) is 3.10. The minimum atomic E-state index is -0.248. The van der Waals surface area contributed by atoms with Gasteiger partial charge in [0, 0.05) is 25.9 Å². The molecule has 0 aromatic heterocycles. The molecule has 0 amide bonds. The van der Waals surface area contributed by atoms with Crippen LogP contribution in [0.2, 0.25) is 0 Å². The van der Waals surface area contributed by atoms with E-state index in [1.807, 2.05) is 13.8 Å². The molecule has 1 rings (SSSR count). The smallest absolute Gasteiger partial charge is 0.134 e. The van der Waals surface area contributed by atoms with E-state index in [0.29, 0.717) is 18.6 Å². The molecule has 0 aromatic rings. The van der Waals surface area contributed by atoms with Gasteiger partial charge in [0.05, 0.1) is 5.54 Å². The standard InChI is InChI=1S/C13H21NO/c1-6-13(4,5)14-8-7-11(15)9-12(2,3)10-14/h1H,7-10H2,2-5H3. The molecule has 1 aliphatic rings. The van der Waals surface area contributed by atoms with Crippen molar-refractivity contribution < 1.29 is 4.79 Å². The number of ketones is 1. The zero-order valence-corrected chi connectivity index (χ0v) is 10.3. The number of hydrogen-bond acceptors (Lipinski definition) is 2. The lowest BCUT2D eigenvalue weighted by Gasteiger charge is -2.37. The van der Waals surface area contributed by atoms with Gasteiger partial charge in [0.25, 0.3) is 0 Å². The second-order valence-corrected chi connectivity index (χ2v) is 5.75. The summed E-state index contributed by atoms with van der Waals surface area (Å²) in [5, 5.41) is 0. The van der Waals surface area contributed by atoms with Gasteiger partial charge in [-0.05, 0) is 19.3 Å². The molecule has 1 aliphatic heterocycles. The largest absolute Gasteiger partial charge is 0.300 e. The molecule has 0 aliphatic carbocycles. The van der Waals surface area contributed by atoms with Crippen molar-refractivity contribution in [1.29, 1.82) is 0 Å². The molecule has 1 heterocycles. The molecule has 2 heteroatoms. The Morgan fingerprint density at radius 2 is 2.07 bits per heavy atom. The summed E-state index contributed by atoms with van der Waals surface area (Å²) < 4.78 is 0. The van der Waals surface area contributed by atoms with Crippen LogP contribution in [0.15, 0.2) is 0 Å². The van der Waals surface area contributed by atoms with Gasteiger partial charge in [0.1, 0.15) is 5.78 Å². The van der Waals surface area contributed by atoms with Crippen LogP contribution in [-0.2, 0) is 4.79 Å². The van der Waals surface area contributed by atoms with Crippen LogP contribution in [0.4, 0.5) is 0 Å². The Hall–Kier alpha value is -0.810. The van der Waals surface area contributed by atoms with Crippen molar-refractivity contribution in [3.8, 4) is 12.3 Å². The maximum absolute atomic E-state index is 11.6. The predicted octanol–water partition coefficient (Wildman–Crippen LogP) is 2.09. The summed E-state index contributed by atoms with van der Waals surface area (Å²) in [7, 11) is 0. The number of hydrogen-bond donors (Lipinski definition) is 0. The molecule has 0 unspecified atom stereocenters. The summed E-state index contributed by atoms with van der Waals surface area (Å²) in [6, 6.07) is 0. The first-order chi connectivity index (χ1) is 6.77. The first-order valence-corrected chi connectivity index (χ1v) is 5.51. The molecular formula is C13H21NO. The first kappa shape index (κ1) is 12.3. The number of carbonyl (C=O) groups excluding carboxylic acids is 1. The highest BCUT2D eigenvalue weighted by Crippen LogP contribution is 2.29. The maximum Gasteiger partial charge on any atom is 0.134 e. The molecule has 0 spiro atoms. The molecule has 1 fully saturated rings. The van der Waals surface area contributed by atoms with Crippen molar-refractivity contribution in [2.45, 2.75) is 46.1 Å². The van der Waals surface area contributed by atoms with Crippen molar-refractivity contribution in [1.82, 2.24) is 4.90 Å². The first-order valence-electron chi connectivity index (χ1n) is 5.51. The number of nitrogens with zero attached hydrogens (tertiary/aromatic N) is 1. The van der Waals surface area contributed by atoms with E-state index in [2.05, 4.69) is 24.7 Å². The summed E-state index contributed by atoms with van der Waals surface area (Å²) in [4.78, 5) is 13.8. The van der Waals surface area contributed by atoms with Crippen LogP contribution in [0.25, 0.3) is 0 Å². The zero-order valence-electron chi connectivity index (χ0n) is 10.3. The zero-order chi connectivity index (χ0) is 11.7. The van der Waals surface area contributed by atoms with E-state index in [1.54, 1.807) is 0 Å². The van der Waals surface area contributed by atoms with Crippen LogP contribution in [0, 0.1) is 17.8 Å². The van der Waals surface area contributed by atoms with Gasteiger partial charge in [-0.1, -0.05) is 19.8 Å². The monoisotopic (exact) mass is 207 g/mol. The number of terminal acetylenes is 1. The van der Waals surface area contributed by atoms with Crippen molar-refractivity contribution in [3.63, 3.8) is 0 Å². The van der Waals surface area contributed by atoms with Crippen LogP contribution in [0.3, 0.4) is 0 Å². The maximum atomic E-state index is 11.6. The Kier molecular flexibility index (Phi) is 3.25. The number of Topliss-reactive ketones (excluding diaryl/α,β-unsaturated/α-hetero) is 1. The van der Waals surface area contributed by atoms with E-state index in [1.165, 1.54) is 0 Å². The topological polar surface area (TPSA) is 20.3 Å². The van der Waals surface area contributed by atoms with Crippen molar-refractivity contribution in [2.24, 2.45) is 5.41 Å². The minimum Gasteiger partial charge on any atom is -0.300 e. The average molecular weight is 207 g/mol. The van der Waals surface area contributed by atoms with Crippen LogP contribution < -0.4 is 0 Å². The van der Waals surface area contributed by atoms with Gasteiger partial charge in [0.15, 0.2) is 0 Å². The summed E-state index contributed by atoms with van der Waals surface area (Å²) >= 11 is 0. The van der Waals surface area contributed by atoms with Gasteiger partial charge in [-0.2, -0.15) is 0 Å². The molecule has 1 saturated heterocycles. The SMILES string of the molecule is C#CC(C)(C)N1CCC(=O)CC(C)(C)C1. The molecule has 2 nitrogen and oxygen atoms in total. The van der Waals surface area contributed by atoms with Crippen molar-refractivity contribution in [2.75, 3.05) is 13.1 Å². The van der Waals surface area contributed by atoms with Gasteiger partial charge in [-0.25, -0.2) is 0 Å². The third kappa shape index (κ3) is 3.07. The van der Waals surface area contributed by atoms with E-state index in [-0.39, 0.29) is 11.0 Å². The van der Waals surface area contributed by atoms with E-state index in [0.717, 1.165) is 13.1 Å². The van der Waals surface area contributed by atoms with Crippen LogP contribution >= 0.6 is 0 Å². The summed E-state index contributed by atoms with van der Waals surface area (Å²) in [5.74, 6) is 3.16. The highest BCUT2D eigenvalue weighted by atomic mass is 16.1. The molecule has 0 N–H and O–H groups in total. The Labute approximate surface area is 93.0 Å². The molecule has 0 aromatic carbocycles. The Morgan fingerprint density at radius 3 is 2.60 bits per heavy atom. The van der Waals surface area contributed by atoms with Gasteiger partial charge in [-0.3, -0.25) is 9.69 Å². The fourth-order valence-corrected chi connectivity index (χ4v) is 2.10. The average Bonchev–Trinajstić information content (AvgIpc) is 2.23. The second kappa shape index (κ2) is 3.98. The minimum absolute atomic E-state index is 0.0434. The van der Waals surface area contributed by atoms with Gasteiger partial charge in [-0.15, -0.1) is 6.42 Å². The lowest BCUT2D eigenvalue weighted by Crippen LogP contribution is -2.46. The van der Waals surface area contributed by atoms with Crippen LogP contribution in [-0.4, -0.2) is 29.3 Å². The Bertz CT molecular complexity index is 296. The van der Waals surface area contributed by atoms with Gasteiger partial charge < -0.3 is 0 Å². The van der Waals surface area contributed by atoms with E-state index >= 15 is 0 Å². The molecule has 84 valence electrons. The van der Waals surface area contributed by atoms with Crippen LogP contribution in [0.1, 0.15) is 40.5 Å². The Morgan fingerprint density at radius 1 is 1.47 bits per heavy atom. The number of rotatable bonds is 1. The lowest BCUT2D eigenvalue weighted by atomic mass is 9.86. The molecule has 15 heavy (non-hydrogen) atoms. The van der Waals surface area contributed by atoms with E-state index < -0.39 is 0 Å². The summed E-state index contributed by atoms with van der Waals surface area (Å²) in [5.41, 5.74) is -0.205. The summed E-state index contributed by atoms with van der Waals surface area (Å²) in [6.07, 6.45) is 6.84. The predicted molar refractivity (Wildman–Crippen MR) is 62.5 cm³/mol. The fourth-order valence-electron chi connectivity index (χ4n) is 2.10. The van der Waals surface area contributed by atoms with Gasteiger partial charge >= 0.3 is 0 Å². The van der Waals surface area contributed by atoms with Gasteiger partial charge in [0.2, 0.25) is 0 Å². The van der Waals surface area contributed by atoms with Crippen molar-refractivity contribution >= 4 is 5.78 Å². The highest BCUT2D eigenvalue weighted by Gasteiger charge is 2.34. The molecular weight excluding hydrogens is 186 g/mol. The van der Waals surface area contributed by atoms with Crippen LogP contribution in [0.5, 0.6) is 0 Å². The number of carbonyl (C=O) groups is 1. The molecule has 0 saturated carbocycles. The molecule has 0 bridgehead atoms. The lowest BCUT2D eigenvalue weighted by molar-refractivity contribution is -0.120. The number of likely N-dealkylation sites (tertiary alicyclic amines) is 1. The Balaban J connectivity index is 2.86. The van der Waals surface area contributed by atoms with Crippen molar-refractivity contribution in [3.05, 3.63) is 0 Å². The van der Waals surface area contributed by atoms with E-state index in [9.17, 15) is 4.79 Å². The fraction of sp³-hybridized carbons (Fsp3) is 0.769.